The zero-order valence-corrected chi connectivity index (χ0v) is 12.3. The summed E-state index contributed by atoms with van der Waals surface area (Å²) < 4.78 is 26.7. The quantitative estimate of drug-likeness (QED) is 0.763. The van der Waals surface area contributed by atoms with E-state index >= 15 is 0 Å². The Morgan fingerprint density at radius 3 is 2.21 bits per heavy atom. The van der Waals surface area contributed by atoms with Gasteiger partial charge in [-0.25, -0.2) is 0 Å². The molecule has 0 saturated carbocycles. The molecule has 0 unspecified atom stereocenters. The fourth-order valence-corrected chi connectivity index (χ4v) is 3.03. The van der Waals surface area contributed by atoms with E-state index in [1.807, 2.05) is 24.0 Å². The molecule has 7 nitrogen and oxygen atoms in total. The summed E-state index contributed by atoms with van der Waals surface area (Å²) in [4.78, 5) is 2.05. The lowest BCUT2D eigenvalue weighted by atomic mass is 10.3. The summed E-state index contributed by atoms with van der Waals surface area (Å²) in [6.45, 7) is 4.08. The van der Waals surface area contributed by atoms with Crippen molar-refractivity contribution in [2.24, 2.45) is 0 Å². The third-order valence-electron chi connectivity index (χ3n) is 3.13. The second-order valence-electron chi connectivity index (χ2n) is 4.71. The smallest absolute Gasteiger partial charge is 0.281 e. The first kappa shape index (κ1) is 14.2. The van der Waals surface area contributed by atoms with Gasteiger partial charge in [0.2, 0.25) is 0 Å². The molecule has 2 rings (SSSR count). The number of rotatable bonds is 3. The maximum atomic E-state index is 12.0. The molecule has 106 valence electrons. The van der Waals surface area contributed by atoms with E-state index in [2.05, 4.69) is 10.2 Å². The van der Waals surface area contributed by atoms with Gasteiger partial charge in [-0.15, -0.1) is 5.10 Å². The Kier molecular flexibility index (Phi) is 4.02. The zero-order valence-electron chi connectivity index (χ0n) is 11.4. The van der Waals surface area contributed by atoms with Crippen LogP contribution in [0.2, 0.25) is 0 Å². The first-order valence-electron chi connectivity index (χ1n) is 6.14. The summed E-state index contributed by atoms with van der Waals surface area (Å²) in [5, 5.41) is 8.14. The maximum Gasteiger partial charge on any atom is 0.281 e. The van der Waals surface area contributed by atoms with Crippen LogP contribution in [0.25, 0.3) is 0 Å². The van der Waals surface area contributed by atoms with E-state index < -0.39 is 10.2 Å². The van der Waals surface area contributed by atoms with Crippen molar-refractivity contribution in [1.29, 1.82) is 0 Å². The summed E-state index contributed by atoms with van der Waals surface area (Å²) in [6.07, 6.45) is 0. The molecule has 1 aliphatic rings. The van der Waals surface area contributed by atoms with E-state index in [4.69, 9.17) is 0 Å². The predicted octanol–water partition coefficient (Wildman–Crippen LogP) is -0.287. The van der Waals surface area contributed by atoms with Crippen molar-refractivity contribution in [1.82, 2.24) is 18.8 Å². The second-order valence-corrected chi connectivity index (χ2v) is 6.85. The van der Waals surface area contributed by atoms with Crippen molar-refractivity contribution >= 4 is 16.0 Å². The van der Waals surface area contributed by atoms with E-state index in [1.54, 1.807) is 14.1 Å². The Bertz CT molecular complexity index is 521. The van der Waals surface area contributed by atoms with Gasteiger partial charge in [0.15, 0.2) is 5.82 Å². The number of anilines is 1. The van der Waals surface area contributed by atoms with E-state index in [-0.39, 0.29) is 0 Å². The van der Waals surface area contributed by atoms with Gasteiger partial charge in [0.05, 0.1) is 5.69 Å². The topological polar surface area (TPSA) is 69.6 Å². The van der Waals surface area contributed by atoms with Crippen molar-refractivity contribution in [3.8, 4) is 0 Å². The second kappa shape index (κ2) is 5.40. The molecule has 1 aliphatic heterocycles. The number of nitrogens with zero attached hydrogens (tertiary/aromatic N) is 5. The van der Waals surface area contributed by atoms with E-state index in [0.29, 0.717) is 26.2 Å². The number of piperazine rings is 1. The Hall–Kier alpha value is -1.25. The lowest BCUT2D eigenvalue weighted by Crippen LogP contribution is -2.51. The first-order chi connectivity index (χ1) is 8.91. The molecule has 8 heteroatoms. The van der Waals surface area contributed by atoms with Gasteiger partial charge in [-0.1, -0.05) is 0 Å². The molecule has 1 saturated heterocycles. The minimum atomic E-state index is -3.31. The minimum absolute atomic E-state index is 0.468. The first-order valence-corrected chi connectivity index (χ1v) is 7.54. The molecule has 1 aromatic heterocycles. The highest BCUT2D eigenvalue weighted by atomic mass is 32.2. The van der Waals surface area contributed by atoms with Crippen molar-refractivity contribution < 1.29 is 8.42 Å². The summed E-state index contributed by atoms with van der Waals surface area (Å²) in [5.41, 5.74) is 0.873. The van der Waals surface area contributed by atoms with Crippen LogP contribution in [0.4, 0.5) is 5.82 Å². The van der Waals surface area contributed by atoms with Gasteiger partial charge < -0.3 is 4.90 Å². The third-order valence-corrected chi connectivity index (χ3v) is 5.07. The van der Waals surface area contributed by atoms with Gasteiger partial charge in [0.25, 0.3) is 10.2 Å². The largest absolute Gasteiger partial charge is 0.352 e. The monoisotopic (exact) mass is 285 g/mol. The predicted molar refractivity (Wildman–Crippen MR) is 73.2 cm³/mol. The summed E-state index contributed by atoms with van der Waals surface area (Å²) in [7, 11) is -0.211. The van der Waals surface area contributed by atoms with Gasteiger partial charge in [-0.2, -0.15) is 22.1 Å². The van der Waals surface area contributed by atoms with Gasteiger partial charge in [-0.05, 0) is 19.1 Å². The number of hydrogen-bond acceptors (Lipinski definition) is 5. The van der Waals surface area contributed by atoms with Crippen molar-refractivity contribution in [2.45, 2.75) is 6.92 Å². The van der Waals surface area contributed by atoms with Crippen molar-refractivity contribution in [3.63, 3.8) is 0 Å². The molecule has 0 amide bonds. The van der Waals surface area contributed by atoms with Gasteiger partial charge in [0.1, 0.15) is 0 Å². The highest BCUT2D eigenvalue weighted by molar-refractivity contribution is 7.86. The van der Waals surface area contributed by atoms with Gasteiger partial charge >= 0.3 is 0 Å². The lowest BCUT2D eigenvalue weighted by molar-refractivity contribution is 0.354. The minimum Gasteiger partial charge on any atom is -0.352 e. The highest BCUT2D eigenvalue weighted by Crippen LogP contribution is 2.15. The maximum absolute atomic E-state index is 12.0. The number of hydrogen-bond donors (Lipinski definition) is 0. The summed E-state index contributed by atoms with van der Waals surface area (Å²) in [5.74, 6) is 0.799. The highest BCUT2D eigenvalue weighted by Gasteiger charge is 2.28. The fourth-order valence-electron chi connectivity index (χ4n) is 1.94. The lowest BCUT2D eigenvalue weighted by Gasteiger charge is -2.35. The van der Waals surface area contributed by atoms with E-state index in [0.717, 1.165) is 11.5 Å². The molecule has 0 radical (unpaired) electrons. The molecule has 0 aromatic carbocycles. The molecule has 0 atom stereocenters. The van der Waals surface area contributed by atoms with Crippen LogP contribution < -0.4 is 4.90 Å². The van der Waals surface area contributed by atoms with Crippen molar-refractivity contribution in [3.05, 3.63) is 17.8 Å². The third kappa shape index (κ3) is 3.02. The van der Waals surface area contributed by atoms with Crippen molar-refractivity contribution in [2.75, 3.05) is 45.2 Å². The van der Waals surface area contributed by atoms with Crippen LogP contribution in [0.3, 0.4) is 0 Å². The molecule has 1 aromatic rings. The van der Waals surface area contributed by atoms with Crippen LogP contribution in [0, 0.1) is 6.92 Å². The fraction of sp³-hybridized carbons (Fsp3) is 0.636. The number of aryl methyl sites for hydroxylation is 1. The van der Waals surface area contributed by atoms with Gasteiger partial charge in [-0.3, -0.25) is 0 Å². The molecular weight excluding hydrogens is 266 g/mol. The molecule has 0 bridgehead atoms. The molecular formula is C11H19N5O2S. The molecule has 0 aliphatic carbocycles. The average Bonchev–Trinajstić information content (AvgIpc) is 2.39. The van der Waals surface area contributed by atoms with E-state index in [1.165, 1.54) is 8.61 Å². The Morgan fingerprint density at radius 1 is 1.11 bits per heavy atom. The zero-order chi connectivity index (χ0) is 14.0. The normalized spacial score (nSPS) is 18.0. The summed E-state index contributed by atoms with van der Waals surface area (Å²) >= 11 is 0. The Balaban J connectivity index is 2.02. The molecule has 1 fully saturated rings. The van der Waals surface area contributed by atoms with Crippen LogP contribution in [0.1, 0.15) is 5.69 Å². The summed E-state index contributed by atoms with van der Waals surface area (Å²) in [6, 6.07) is 3.82. The molecule has 19 heavy (non-hydrogen) atoms. The van der Waals surface area contributed by atoms with E-state index in [9.17, 15) is 8.42 Å². The SMILES string of the molecule is Cc1ccc(N2CCN(S(=O)(=O)N(C)C)CC2)nn1. The Labute approximate surface area is 114 Å². The van der Waals surface area contributed by atoms with Gasteiger partial charge in [0, 0.05) is 40.3 Å². The molecule has 0 N–H and O–H groups in total. The average molecular weight is 285 g/mol. The van der Waals surface area contributed by atoms with Crippen LogP contribution in [0.5, 0.6) is 0 Å². The van der Waals surface area contributed by atoms with Crippen LogP contribution >= 0.6 is 0 Å². The Morgan fingerprint density at radius 2 is 1.74 bits per heavy atom. The molecule has 2 heterocycles. The molecule has 0 spiro atoms. The van der Waals surface area contributed by atoms with Crippen LogP contribution in [-0.4, -0.2) is 67.5 Å². The standard InChI is InChI=1S/C11H19N5O2S/c1-10-4-5-11(13-12-10)15-6-8-16(9-7-15)19(17,18)14(2)3/h4-5H,6-9H2,1-3H3. The number of aromatic nitrogens is 2. The van der Waals surface area contributed by atoms with Crippen LogP contribution in [0.15, 0.2) is 12.1 Å². The van der Waals surface area contributed by atoms with Crippen LogP contribution in [-0.2, 0) is 10.2 Å².